The van der Waals surface area contributed by atoms with Gasteiger partial charge in [-0.3, -0.25) is 9.69 Å². The van der Waals surface area contributed by atoms with E-state index in [0.717, 1.165) is 29.8 Å². The molecule has 0 amide bonds. The third-order valence-corrected chi connectivity index (χ3v) is 6.42. The average Bonchev–Trinajstić information content (AvgIpc) is 3.34. The molecule has 1 atom stereocenters. The van der Waals surface area contributed by atoms with E-state index >= 15 is 0 Å². The lowest BCUT2D eigenvalue weighted by Crippen LogP contribution is -2.30. The number of benzene rings is 3. The fourth-order valence-electron chi connectivity index (χ4n) is 4.37. The van der Waals surface area contributed by atoms with Crippen LogP contribution in [-0.4, -0.2) is 45.8 Å². The number of carboxylic acid groups (broad SMARTS) is 2. The van der Waals surface area contributed by atoms with Crippen LogP contribution in [0.5, 0.6) is 5.75 Å². The van der Waals surface area contributed by atoms with Gasteiger partial charge in [-0.1, -0.05) is 66.7 Å². The Balaban J connectivity index is 0.000000532. The molecule has 3 aromatic carbocycles. The highest BCUT2D eigenvalue weighted by Crippen LogP contribution is 2.24. The van der Waals surface area contributed by atoms with Crippen LogP contribution in [0.4, 0.5) is 13.2 Å². The van der Waals surface area contributed by atoms with Gasteiger partial charge in [0.25, 0.3) is 0 Å². The van der Waals surface area contributed by atoms with Crippen molar-refractivity contribution in [3.05, 3.63) is 101 Å². The minimum Gasteiger partial charge on any atom is -0.489 e. The lowest BCUT2D eigenvalue weighted by molar-refractivity contribution is -0.192. The van der Waals surface area contributed by atoms with Crippen molar-refractivity contribution in [2.24, 2.45) is 0 Å². The second kappa shape index (κ2) is 14.3. The molecule has 0 aromatic heterocycles. The fourth-order valence-corrected chi connectivity index (χ4v) is 4.37. The molecule has 39 heavy (non-hydrogen) atoms. The zero-order valence-electron chi connectivity index (χ0n) is 21.4. The zero-order chi connectivity index (χ0) is 28.3. The van der Waals surface area contributed by atoms with Gasteiger partial charge in [-0.15, -0.1) is 0 Å². The number of rotatable bonds is 10. The van der Waals surface area contributed by atoms with Crippen LogP contribution in [0.25, 0.3) is 0 Å². The highest BCUT2D eigenvalue weighted by Gasteiger charge is 2.38. The summed E-state index contributed by atoms with van der Waals surface area (Å²) >= 11 is 0. The zero-order valence-corrected chi connectivity index (χ0v) is 21.4. The molecule has 6 nitrogen and oxygen atoms in total. The molecule has 3 aromatic rings. The number of carbonyl (C=O) groups is 2. The topological polar surface area (TPSA) is 87.1 Å². The van der Waals surface area contributed by atoms with E-state index in [-0.39, 0.29) is 6.42 Å². The van der Waals surface area contributed by atoms with E-state index in [1.165, 1.54) is 30.5 Å². The Morgan fingerprint density at radius 3 is 2.03 bits per heavy atom. The summed E-state index contributed by atoms with van der Waals surface area (Å²) in [7, 11) is 0. The molecule has 0 saturated carbocycles. The number of hydrogen-bond donors (Lipinski definition) is 2. The summed E-state index contributed by atoms with van der Waals surface area (Å²) in [5, 5.41) is 15.9. The molecule has 1 saturated heterocycles. The molecule has 0 spiro atoms. The summed E-state index contributed by atoms with van der Waals surface area (Å²) < 4.78 is 37.6. The number of halogens is 3. The first-order chi connectivity index (χ1) is 18.6. The first-order valence-corrected chi connectivity index (χ1v) is 12.7. The molecule has 0 radical (unpaired) electrons. The maximum Gasteiger partial charge on any atom is 0.490 e. The standard InChI is InChI=1S/C28H31NO3.C2HF3O2/c30-28(31)17-14-22-12-15-27(16-13-22)32-21-25-10-8-24(9-11-25)20-29-18-4-7-26(29)19-23-5-2-1-3-6-23;3-2(4,5)1(6)7/h1-3,5-6,8-13,15-16,26H,4,7,14,17-21H2,(H,30,31);(H,6,7). The first-order valence-electron chi connectivity index (χ1n) is 12.7. The molecular formula is C30H32F3NO5. The molecular weight excluding hydrogens is 511 g/mol. The summed E-state index contributed by atoms with van der Waals surface area (Å²) in [6.07, 6.45) is -0.715. The molecule has 0 aliphatic carbocycles. The molecule has 1 fully saturated rings. The van der Waals surface area contributed by atoms with E-state index in [0.29, 0.717) is 19.1 Å². The van der Waals surface area contributed by atoms with Gasteiger partial charge in [-0.2, -0.15) is 13.2 Å². The summed E-state index contributed by atoms with van der Waals surface area (Å²) in [4.78, 5) is 22.2. The monoisotopic (exact) mass is 543 g/mol. The number of aliphatic carboxylic acids is 2. The van der Waals surface area contributed by atoms with Crippen LogP contribution in [-0.2, 0) is 35.6 Å². The maximum atomic E-state index is 10.7. The number of hydrogen-bond acceptors (Lipinski definition) is 4. The smallest absolute Gasteiger partial charge is 0.489 e. The molecule has 9 heteroatoms. The van der Waals surface area contributed by atoms with Gasteiger partial charge in [0.2, 0.25) is 0 Å². The molecule has 0 bridgehead atoms. The van der Waals surface area contributed by atoms with Gasteiger partial charge >= 0.3 is 18.1 Å². The number of likely N-dealkylation sites (tertiary alicyclic amines) is 1. The molecule has 2 N–H and O–H groups in total. The Hall–Kier alpha value is -3.85. The maximum absolute atomic E-state index is 10.7. The van der Waals surface area contributed by atoms with E-state index in [1.807, 2.05) is 24.3 Å². The van der Waals surface area contributed by atoms with Crippen LogP contribution in [0.2, 0.25) is 0 Å². The van der Waals surface area contributed by atoms with Crippen molar-refractivity contribution in [1.82, 2.24) is 4.90 Å². The third-order valence-electron chi connectivity index (χ3n) is 6.42. The number of ether oxygens (including phenoxy) is 1. The third kappa shape index (κ3) is 10.4. The van der Waals surface area contributed by atoms with Crippen LogP contribution in [0, 0.1) is 0 Å². The van der Waals surface area contributed by atoms with E-state index < -0.39 is 18.1 Å². The van der Waals surface area contributed by atoms with Crippen molar-refractivity contribution in [3.8, 4) is 5.75 Å². The van der Waals surface area contributed by atoms with Gasteiger partial charge in [0.15, 0.2) is 0 Å². The number of nitrogens with zero attached hydrogens (tertiary/aromatic N) is 1. The molecule has 208 valence electrons. The summed E-state index contributed by atoms with van der Waals surface area (Å²) in [5.41, 5.74) is 4.92. The molecule has 1 unspecified atom stereocenters. The Labute approximate surface area is 225 Å². The average molecular weight is 544 g/mol. The van der Waals surface area contributed by atoms with Gasteiger partial charge in [-0.25, -0.2) is 4.79 Å². The Kier molecular flexibility index (Phi) is 10.9. The minimum atomic E-state index is -5.08. The van der Waals surface area contributed by atoms with Crippen molar-refractivity contribution in [1.29, 1.82) is 0 Å². The second-order valence-corrected chi connectivity index (χ2v) is 9.40. The van der Waals surface area contributed by atoms with Gasteiger partial charge in [0.05, 0.1) is 0 Å². The predicted octanol–water partition coefficient (Wildman–Crippen LogP) is 6.12. The quantitative estimate of drug-likeness (QED) is 0.320. The number of aryl methyl sites for hydroxylation is 1. The van der Waals surface area contributed by atoms with Gasteiger partial charge in [0, 0.05) is 19.0 Å². The normalized spacial score (nSPS) is 15.3. The molecule has 1 heterocycles. The van der Waals surface area contributed by atoms with E-state index in [2.05, 4.69) is 59.5 Å². The number of carboxylic acids is 2. The van der Waals surface area contributed by atoms with E-state index in [9.17, 15) is 18.0 Å². The second-order valence-electron chi connectivity index (χ2n) is 9.40. The Morgan fingerprint density at radius 1 is 0.846 bits per heavy atom. The summed E-state index contributed by atoms with van der Waals surface area (Å²) in [5.74, 6) is -2.73. The van der Waals surface area contributed by atoms with Crippen LogP contribution < -0.4 is 4.74 Å². The summed E-state index contributed by atoms with van der Waals surface area (Å²) in [6.45, 7) is 2.69. The van der Waals surface area contributed by atoms with Crippen LogP contribution in [0.3, 0.4) is 0 Å². The van der Waals surface area contributed by atoms with E-state index in [4.69, 9.17) is 19.7 Å². The lowest BCUT2D eigenvalue weighted by Gasteiger charge is -2.24. The SMILES string of the molecule is O=C(O)C(F)(F)F.O=C(O)CCc1ccc(OCc2ccc(CN3CCCC3Cc3ccccc3)cc2)cc1. The van der Waals surface area contributed by atoms with Crippen molar-refractivity contribution >= 4 is 11.9 Å². The fraction of sp³-hybridized carbons (Fsp3) is 0.333. The Bertz CT molecular complexity index is 1180. The van der Waals surface area contributed by atoms with Crippen molar-refractivity contribution in [3.63, 3.8) is 0 Å². The van der Waals surface area contributed by atoms with Gasteiger partial charge in [-0.05, 0) is 66.6 Å². The van der Waals surface area contributed by atoms with E-state index in [1.54, 1.807) is 0 Å². The highest BCUT2D eigenvalue weighted by molar-refractivity contribution is 5.73. The molecule has 1 aliphatic rings. The van der Waals surface area contributed by atoms with Crippen LogP contribution >= 0.6 is 0 Å². The van der Waals surface area contributed by atoms with Crippen molar-refractivity contribution < 1.29 is 37.7 Å². The lowest BCUT2D eigenvalue weighted by atomic mass is 10.0. The molecule has 4 rings (SSSR count). The predicted molar refractivity (Wildman–Crippen MR) is 140 cm³/mol. The molecule has 1 aliphatic heterocycles. The van der Waals surface area contributed by atoms with Gasteiger partial charge in [0.1, 0.15) is 12.4 Å². The van der Waals surface area contributed by atoms with Gasteiger partial charge < -0.3 is 14.9 Å². The van der Waals surface area contributed by atoms with Crippen molar-refractivity contribution in [2.75, 3.05) is 6.54 Å². The highest BCUT2D eigenvalue weighted by atomic mass is 19.4. The van der Waals surface area contributed by atoms with Crippen LogP contribution in [0.1, 0.15) is 41.5 Å². The van der Waals surface area contributed by atoms with Crippen LogP contribution in [0.15, 0.2) is 78.9 Å². The minimum absolute atomic E-state index is 0.150. The first kappa shape index (κ1) is 29.7. The summed E-state index contributed by atoms with van der Waals surface area (Å²) in [6, 6.07) is 27.8. The van der Waals surface area contributed by atoms with Crippen molar-refractivity contribution in [2.45, 2.75) is 57.5 Å². The largest absolute Gasteiger partial charge is 0.490 e. The Morgan fingerprint density at radius 2 is 1.44 bits per heavy atom. The number of alkyl halides is 3.